The third-order valence-electron chi connectivity index (χ3n) is 2.58. The van der Waals surface area contributed by atoms with E-state index in [9.17, 15) is 5.11 Å². The van der Waals surface area contributed by atoms with Gasteiger partial charge in [0.15, 0.2) is 0 Å². The molecular formula is C13H14OS. The molecule has 1 unspecified atom stereocenters. The van der Waals surface area contributed by atoms with Crippen LogP contribution < -0.4 is 0 Å². The molecule has 2 aromatic carbocycles. The van der Waals surface area contributed by atoms with Crippen LogP contribution in [0.2, 0.25) is 0 Å². The normalized spacial score (nSPS) is 12.9. The fourth-order valence-corrected chi connectivity index (χ4v) is 2.06. The van der Waals surface area contributed by atoms with E-state index in [1.807, 2.05) is 30.3 Å². The summed E-state index contributed by atoms with van der Waals surface area (Å²) in [7, 11) is 0. The first-order chi connectivity index (χ1) is 7.33. The van der Waals surface area contributed by atoms with Gasteiger partial charge in [-0.05, 0) is 28.5 Å². The van der Waals surface area contributed by atoms with Gasteiger partial charge in [0.1, 0.15) is 0 Å². The quantitative estimate of drug-likeness (QED) is 0.758. The molecule has 0 bridgehead atoms. The molecule has 0 heterocycles. The summed E-state index contributed by atoms with van der Waals surface area (Å²) >= 11 is 4.14. The Morgan fingerprint density at radius 1 is 1.07 bits per heavy atom. The third-order valence-corrected chi connectivity index (χ3v) is 2.84. The molecule has 15 heavy (non-hydrogen) atoms. The first-order valence-electron chi connectivity index (χ1n) is 5.09. The van der Waals surface area contributed by atoms with Crippen LogP contribution >= 0.6 is 12.6 Å². The molecule has 0 aliphatic heterocycles. The second-order valence-electron chi connectivity index (χ2n) is 3.60. The molecular weight excluding hydrogens is 204 g/mol. The van der Waals surface area contributed by atoms with Crippen molar-refractivity contribution in [2.75, 3.05) is 5.75 Å². The van der Waals surface area contributed by atoms with E-state index in [1.54, 1.807) is 0 Å². The van der Waals surface area contributed by atoms with E-state index in [0.29, 0.717) is 12.2 Å². The molecule has 2 aromatic rings. The highest BCUT2D eigenvalue weighted by Gasteiger charge is 2.09. The van der Waals surface area contributed by atoms with E-state index in [1.165, 1.54) is 5.39 Å². The smallest absolute Gasteiger partial charge is 0.0803 e. The van der Waals surface area contributed by atoms with Crippen molar-refractivity contribution < 1.29 is 5.11 Å². The molecule has 1 nitrogen and oxygen atoms in total. The highest BCUT2D eigenvalue weighted by Crippen LogP contribution is 2.26. The summed E-state index contributed by atoms with van der Waals surface area (Å²) in [5.74, 6) is 0.699. The Labute approximate surface area is 95.2 Å². The monoisotopic (exact) mass is 218 g/mol. The van der Waals surface area contributed by atoms with Crippen molar-refractivity contribution in [1.29, 1.82) is 0 Å². The number of aliphatic hydroxyl groups excluding tert-OH is 1. The molecule has 78 valence electrons. The van der Waals surface area contributed by atoms with Crippen molar-refractivity contribution in [2.24, 2.45) is 0 Å². The van der Waals surface area contributed by atoms with Gasteiger partial charge in [-0.1, -0.05) is 42.5 Å². The first-order valence-corrected chi connectivity index (χ1v) is 5.73. The van der Waals surface area contributed by atoms with E-state index >= 15 is 0 Å². The van der Waals surface area contributed by atoms with Crippen LogP contribution in [-0.4, -0.2) is 10.9 Å². The summed E-state index contributed by atoms with van der Waals surface area (Å²) in [5, 5.41) is 12.3. The van der Waals surface area contributed by atoms with Gasteiger partial charge in [-0.25, -0.2) is 0 Å². The van der Waals surface area contributed by atoms with E-state index in [-0.39, 0.29) is 0 Å². The molecule has 2 heteroatoms. The molecule has 0 radical (unpaired) electrons. The molecule has 0 aliphatic carbocycles. The van der Waals surface area contributed by atoms with Gasteiger partial charge in [-0.3, -0.25) is 0 Å². The van der Waals surface area contributed by atoms with Gasteiger partial charge in [0, 0.05) is 0 Å². The fraction of sp³-hybridized carbons (Fsp3) is 0.231. The number of fused-ring (bicyclic) bond motifs is 1. The Balaban J connectivity index is 2.50. The van der Waals surface area contributed by atoms with Gasteiger partial charge in [-0.15, -0.1) is 0 Å². The van der Waals surface area contributed by atoms with E-state index in [4.69, 9.17) is 0 Å². The zero-order chi connectivity index (χ0) is 10.7. The topological polar surface area (TPSA) is 20.2 Å². The van der Waals surface area contributed by atoms with Crippen molar-refractivity contribution in [3.63, 3.8) is 0 Å². The lowest BCUT2D eigenvalue weighted by Crippen LogP contribution is -1.98. The second kappa shape index (κ2) is 4.69. The maximum absolute atomic E-state index is 9.97. The lowest BCUT2D eigenvalue weighted by molar-refractivity contribution is 0.176. The van der Waals surface area contributed by atoms with Crippen LogP contribution in [-0.2, 0) is 0 Å². The highest BCUT2D eigenvalue weighted by atomic mass is 32.1. The van der Waals surface area contributed by atoms with Gasteiger partial charge in [-0.2, -0.15) is 12.6 Å². The summed E-state index contributed by atoms with van der Waals surface area (Å²) in [6, 6.07) is 14.1. The maximum atomic E-state index is 9.97. The fourth-order valence-electron chi connectivity index (χ4n) is 1.82. The average molecular weight is 218 g/mol. The Kier molecular flexibility index (Phi) is 3.29. The average Bonchev–Trinajstić information content (AvgIpc) is 2.28. The summed E-state index contributed by atoms with van der Waals surface area (Å²) in [4.78, 5) is 0. The molecule has 1 atom stereocenters. The second-order valence-corrected chi connectivity index (χ2v) is 4.04. The lowest BCUT2D eigenvalue weighted by Gasteiger charge is -2.12. The zero-order valence-corrected chi connectivity index (χ0v) is 9.32. The minimum atomic E-state index is -0.409. The predicted octanol–water partition coefficient (Wildman–Crippen LogP) is 3.19. The van der Waals surface area contributed by atoms with Crippen molar-refractivity contribution >= 4 is 23.4 Å². The molecule has 2 rings (SSSR count). The maximum Gasteiger partial charge on any atom is 0.0803 e. The summed E-state index contributed by atoms with van der Waals surface area (Å²) in [6.07, 6.45) is 0.283. The van der Waals surface area contributed by atoms with Crippen LogP contribution in [0.25, 0.3) is 10.8 Å². The number of aliphatic hydroxyl groups is 1. The van der Waals surface area contributed by atoms with Crippen molar-refractivity contribution in [2.45, 2.75) is 12.5 Å². The van der Waals surface area contributed by atoms with Crippen LogP contribution in [0.4, 0.5) is 0 Å². The number of thiol groups is 1. The van der Waals surface area contributed by atoms with Gasteiger partial charge >= 0.3 is 0 Å². The largest absolute Gasteiger partial charge is 0.388 e. The predicted molar refractivity (Wildman–Crippen MR) is 67.4 cm³/mol. The SMILES string of the molecule is OC(CCS)c1cccc2ccccc12. The highest BCUT2D eigenvalue weighted by molar-refractivity contribution is 7.80. The van der Waals surface area contributed by atoms with Crippen LogP contribution in [0.15, 0.2) is 42.5 Å². The number of rotatable bonds is 3. The Morgan fingerprint density at radius 3 is 2.60 bits per heavy atom. The summed E-state index contributed by atoms with van der Waals surface area (Å²) in [5.41, 5.74) is 1.00. The molecule has 1 N–H and O–H groups in total. The standard InChI is InChI=1S/C13H14OS/c14-13(8-9-15)12-7-3-5-10-4-1-2-6-11(10)12/h1-7,13-15H,8-9H2. The molecule has 0 aliphatic rings. The molecule has 0 saturated carbocycles. The van der Waals surface area contributed by atoms with Gasteiger partial charge in [0.25, 0.3) is 0 Å². The Morgan fingerprint density at radius 2 is 1.80 bits per heavy atom. The molecule has 0 fully saturated rings. The zero-order valence-electron chi connectivity index (χ0n) is 8.43. The molecule has 0 aromatic heterocycles. The van der Waals surface area contributed by atoms with Crippen LogP contribution in [0.1, 0.15) is 18.1 Å². The van der Waals surface area contributed by atoms with E-state index < -0.39 is 6.10 Å². The minimum absolute atomic E-state index is 0.409. The van der Waals surface area contributed by atoms with Gasteiger partial charge in [0.05, 0.1) is 6.10 Å². The number of benzene rings is 2. The van der Waals surface area contributed by atoms with Crippen LogP contribution in [0.5, 0.6) is 0 Å². The van der Waals surface area contributed by atoms with Crippen molar-refractivity contribution in [1.82, 2.24) is 0 Å². The third kappa shape index (κ3) is 2.16. The van der Waals surface area contributed by atoms with Crippen LogP contribution in [0.3, 0.4) is 0 Å². The molecule has 0 amide bonds. The summed E-state index contributed by atoms with van der Waals surface area (Å²) in [6.45, 7) is 0. The van der Waals surface area contributed by atoms with E-state index in [2.05, 4.69) is 24.8 Å². The Bertz CT molecular complexity index is 448. The number of hydrogen-bond donors (Lipinski definition) is 2. The lowest BCUT2D eigenvalue weighted by atomic mass is 9.99. The summed E-state index contributed by atoms with van der Waals surface area (Å²) < 4.78 is 0. The minimum Gasteiger partial charge on any atom is -0.388 e. The van der Waals surface area contributed by atoms with Gasteiger partial charge in [0.2, 0.25) is 0 Å². The van der Waals surface area contributed by atoms with Crippen LogP contribution in [0, 0.1) is 0 Å². The number of hydrogen-bond acceptors (Lipinski definition) is 2. The first kappa shape index (κ1) is 10.5. The molecule has 0 saturated heterocycles. The Hall–Kier alpha value is -0.990. The van der Waals surface area contributed by atoms with Crippen molar-refractivity contribution in [3.05, 3.63) is 48.0 Å². The van der Waals surface area contributed by atoms with Crippen molar-refractivity contribution in [3.8, 4) is 0 Å². The molecule has 0 spiro atoms. The van der Waals surface area contributed by atoms with E-state index in [0.717, 1.165) is 10.9 Å². The van der Waals surface area contributed by atoms with Gasteiger partial charge < -0.3 is 5.11 Å².